The van der Waals surface area contributed by atoms with Crippen LogP contribution in [0.3, 0.4) is 0 Å². The Hall–Kier alpha value is -0.120. The first kappa shape index (κ1) is 14.3. The maximum Gasteiger partial charge on any atom is 0.0145 e. The molecule has 18 heavy (non-hydrogen) atoms. The number of piperidine rings is 2. The predicted octanol–water partition coefficient (Wildman–Crippen LogP) is 1.65. The molecule has 0 bridgehead atoms. The van der Waals surface area contributed by atoms with E-state index in [4.69, 9.17) is 0 Å². The molecular formula is C15H31N3. The third-order valence-corrected chi connectivity index (χ3v) is 4.74. The number of fused-ring (bicyclic) bond motifs is 1. The first-order valence-corrected chi connectivity index (χ1v) is 7.59. The predicted molar refractivity (Wildman–Crippen MR) is 77.9 cm³/mol. The zero-order valence-electron chi connectivity index (χ0n) is 12.7. The van der Waals surface area contributed by atoms with Gasteiger partial charge in [-0.15, -0.1) is 0 Å². The Morgan fingerprint density at radius 2 is 2.00 bits per heavy atom. The fourth-order valence-corrected chi connectivity index (χ4v) is 4.01. The second-order valence-corrected chi connectivity index (χ2v) is 7.17. The fourth-order valence-electron chi connectivity index (χ4n) is 4.01. The van der Waals surface area contributed by atoms with Gasteiger partial charge < -0.3 is 15.1 Å². The molecule has 2 unspecified atom stereocenters. The first-order valence-electron chi connectivity index (χ1n) is 7.59. The molecule has 0 aliphatic carbocycles. The summed E-state index contributed by atoms with van der Waals surface area (Å²) in [6.07, 6.45) is 4.21. The second kappa shape index (κ2) is 5.89. The van der Waals surface area contributed by atoms with E-state index in [9.17, 15) is 0 Å². The smallest absolute Gasteiger partial charge is 0.0145 e. The Bertz CT molecular complexity index is 264. The van der Waals surface area contributed by atoms with Crippen molar-refractivity contribution >= 4 is 0 Å². The van der Waals surface area contributed by atoms with Crippen molar-refractivity contribution in [3.05, 3.63) is 0 Å². The molecule has 0 aromatic carbocycles. The van der Waals surface area contributed by atoms with Gasteiger partial charge in [0, 0.05) is 25.7 Å². The monoisotopic (exact) mass is 253 g/mol. The van der Waals surface area contributed by atoms with Crippen LogP contribution in [0.1, 0.15) is 33.1 Å². The van der Waals surface area contributed by atoms with Crippen LogP contribution in [-0.2, 0) is 0 Å². The quantitative estimate of drug-likeness (QED) is 0.822. The van der Waals surface area contributed by atoms with Crippen LogP contribution in [0.15, 0.2) is 0 Å². The summed E-state index contributed by atoms with van der Waals surface area (Å²) in [7, 11) is 4.38. The van der Waals surface area contributed by atoms with Crippen molar-refractivity contribution in [1.29, 1.82) is 0 Å². The lowest BCUT2D eigenvalue weighted by atomic mass is 9.83. The summed E-state index contributed by atoms with van der Waals surface area (Å²) in [6.45, 7) is 11.0. The van der Waals surface area contributed by atoms with E-state index in [0.717, 1.165) is 18.5 Å². The van der Waals surface area contributed by atoms with E-state index in [1.54, 1.807) is 0 Å². The Kier molecular flexibility index (Phi) is 4.68. The lowest BCUT2D eigenvalue weighted by Gasteiger charge is -2.47. The highest BCUT2D eigenvalue weighted by atomic mass is 15.2. The first-order chi connectivity index (χ1) is 8.52. The van der Waals surface area contributed by atoms with Gasteiger partial charge in [-0.1, -0.05) is 13.8 Å². The van der Waals surface area contributed by atoms with Gasteiger partial charge in [0.1, 0.15) is 0 Å². The standard InChI is InChI=1S/C15H31N3/c1-15(2,11-16-3)12-18-9-7-14-13(10-18)6-5-8-17(14)4/h13-14,16H,5-12H2,1-4H3. The summed E-state index contributed by atoms with van der Waals surface area (Å²) < 4.78 is 0. The molecule has 0 amide bonds. The van der Waals surface area contributed by atoms with E-state index < -0.39 is 0 Å². The largest absolute Gasteiger partial charge is 0.319 e. The van der Waals surface area contributed by atoms with Gasteiger partial charge in [0.25, 0.3) is 0 Å². The molecule has 2 atom stereocenters. The molecule has 1 N–H and O–H groups in total. The van der Waals surface area contributed by atoms with Gasteiger partial charge in [-0.05, 0) is 57.8 Å². The van der Waals surface area contributed by atoms with Gasteiger partial charge >= 0.3 is 0 Å². The van der Waals surface area contributed by atoms with Crippen LogP contribution < -0.4 is 5.32 Å². The van der Waals surface area contributed by atoms with Crippen LogP contribution in [-0.4, -0.2) is 62.7 Å². The number of likely N-dealkylation sites (tertiary alicyclic amines) is 2. The van der Waals surface area contributed by atoms with E-state index >= 15 is 0 Å². The molecule has 2 heterocycles. The van der Waals surface area contributed by atoms with Crippen LogP contribution in [0.2, 0.25) is 0 Å². The highest BCUT2D eigenvalue weighted by molar-refractivity contribution is 4.90. The van der Waals surface area contributed by atoms with Crippen molar-refractivity contribution in [2.45, 2.75) is 39.2 Å². The molecule has 0 aromatic heterocycles. The van der Waals surface area contributed by atoms with E-state index in [-0.39, 0.29) is 0 Å². The maximum absolute atomic E-state index is 3.33. The average molecular weight is 253 g/mol. The Morgan fingerprint density at radius 1 is 1.22 bits per heavy atom. The van der Waals surface area contributed by atoms with Gasteiger partial charge in [-0.2, -0.15) is 0 Å². The van der Waals surface area contributed by atoms with Gasteiger partial charge in [0.2, 0.25) is 0 Å². The number of rotatable bonds is 4. The van der Waals surface area contributed by atoms with Gasteiger partial charge in [0.05, 0.1) is 0 Å². The number of nitrogens with zero attached hydrogens (tertiary/aromatic N) is 2. The number of hydrogen-bond donors (Lipinski definition) is 1. The summed E-state index contributed by atoms with van der Waals surface area (Å²) in [6, 6.07) is 0.863. The summed E-state index contributed by atoms with van der Waals surface area (Å²) in [5.41, 5.74) is 0.391. The zero-order valence-corrected chi connectivity index (χ0v) is 12.7. The fraction of sp³-hybridized carbons (Fsp3) is 1.00. The maximum atomic E-state index is 3.33. The molecule has 2 saturated heterocycles. The van der Waals surface area contributed by atoms with Crippen molar-refractivity contribution in [2.24, 2.45) is 11.3 Å². The molecule has 3 heteroatoms. The van der Waals surface area contributed by atoms with Gasteiger partial charge in [0.15, 0.2) is 0 Å². The van der Waals surface area contributed by atoms with Gasteiger partial charge in [-0.3, -0.25) is 0 Å². The van der Waals surface area contributed by atoms with Crippen LogP contribution in [0, 0.1) is 11.3 Å². The summed E-state index contributed by atoms with van der Waals surface area (Å²) in [5, 5.41) is 3.33. The molecule has 2 aliphatic heterocycles. The molecule has 0 spiro atoms. The average Bonchev–Trinajstić information content (AvgIpc) is 2.28. The van der Waals surface area contributed by atoms with Crippen molar-refractivity contribution in [3.63, 3.8) is 0 Å². The topological polar surface area (TPSA) is 18.5 Å². The van der Waals surface area contributed by atoms with E-state index in [2.05, 4.69) is 43.1 Å². The molecule has 2 aliphatic rings. The molecule has 106 valence electrons. The Labute approximate surface area is 113 Å². The third kappa shape index (κ3) is 3.46. The van der Waals surface area contributed by atoms with Crippen molar-refractivity contribution < 1.29 is 0 Å². The minimum absolute atomic E-state index is 0.391. The lowest BCUT2D eigenvalue weighted by Crippen LogP contribution is -2.54. The molecule has 3 nitrogen and oxygen atoms in total. The van der Waals surface area contributed by atoms with Crippen LogP contribution in [0.25, 0.3) is 0 Å². The SMILES string of the molecule is CNCC(C)(C)CN1CCC2C(CCCN2C)C1. The van der Waals surface area contributed by atoms with Crippen molar-refractivity contribution in [3.8, 4) is 0 Å². The second-order valence-electron chi connectivity index (χ2n) is 7.17. The molecular weight excluding hydrogens is 222 g/mol. The van der Waals surface area contributed by atoms with E-state index in [1.165, 1.54) is 45.4 Å². The van der Waals surface area contributed by atoms with Crippen molar-refractivity contribution in [2.75, 3.05) is 46.8 Å². The highest BCUT2D eigenvalue weighted by Gasteiger charge is 2.35. The summed E-state index contributed by atoms with van der Waals surface area (Å²) in [4.78, 5) is 5.31. The molecule has 0 aromatic rings. The van der Waals surface area contributed by atoms with E-state index in [0.29, 0.717) is 5.41 Å². The normalized spacial score (nSPS) is 31.3. The van der Waals surface area contributed by atoms with Crippen LogP contribution >= 0.6 is 0 Å². The summed E-state index contributed by atoms with van der Waals surface area (Å²) in [5.74, 6) is 0.919. The summed E-state index contributed by atoms with van der Waals surface area (Å²) >= 11 is 0. The molecule has 2 rings (SSSR count). The third-order valence-electron chi connectivity index (χ3n) is 4.74. The van der Waals surface area contributed by atoms with Gasteiger partial charge in [-0.25, -0.2) is 0 Å². The molecule has 2 fully saturated rings. The number of hydrogen-bond acceptors (Lipinski definition) is 3. The molecule has 0 saturated carbocycles. The van der Waals surface area contributed by atoms with E-state index in [1.807, 2.05) is 0 Å². The van der Waals surface area contributed by atoms with Crippen molar-refractivity contribution in [1.82, 2.24) is 15.1 Å². The number of nitrogens with one attached hydrogen (secondary N) is 1. The minimum atomic E-state index is 0.391. The highest BCUT2D eigenvalue weighted by Crippen LogP contribution is 2.30. The van der Waals surface area contributed by atoms with Crippen LogP contribution in [0.5, 0.6) is 0 Å². The minimum Gasteiger partial charge on any atom is -0.319 e. The lowest BCUT2D eigenvalue weighted by molar-refractivity contribution is 0.0242. The molecule has 0 radical (unpaired) electrons. The Morgan fingerprint density at radius 3 is 2.72 bits per heavy atom. The Balaban J connectivity index is 1.87. The zero-order chi connectivity index (χ0) is 13.2. The van der Waals surface area contributed by atoms with Crippen LogP contribution in [0.4, 0.5) is 0 Å².